The predicted octanol–water partition coefficient (Wildman–Crippen LogP) is 3.97. The number of carbonyl (C=O) groups excluding carboxylic acids is 1. The molecule has 0 amide bonds. The van der Waals surface area contributed by atoms with E-state index in [4.69, 9.17) is 9.05 Å². The lowest BCUT2D eigenvalue weighted by molar-refractivity contribution is -0.121. The molecule has 0 aromatic heterocycles. The average molecular weight is 270 g/mol. The molecule has 1 fully saturated rings. The number of hydrogen-bond acceptors (Lipinski definition) is 3. The predicted molar refractivity (Wildman–Crippen MR) is 64.2 cm³/mol. The highest BCUT2D eigenvalue weighted by Crippen LogP contribution is 2.59. The lowest BCUT2D eigenvalue weighted by Gasteiger charge is -2.36. The van der Waals surface area contributed by atoms with Crippen LogP contribution in [0.3, 0.4) is 0 Å². The summed E-state index contributed by atoms with van der Waals surface area (Å²) in [6.07, 6.45) is -0.806. The van der Waals surface area contributed by atoms with Crippen molar-refractivity contribution < 1.29 is 22.6 Å². The molecule has 1 rings (SSSR count). The van der Waals surface area contributed by atoms with Gasteiger partial charge in [0.05, 0.1) is 19.6 Å². The second-order valence-electron chi connectivity index (χ2n) is 4.51. The molecule has 1 aliphatic rings. The van der Waals surface area contributed by atoms with E-state index in [1.165, 1.54) is 0 Å². The van der Waals surface area contributed by atoms with E-state index in [1.807, 2.05) is 27.7 Å². The van der Waals surface area contributed by atoms with Crippen molar-refractivity contribution >= 4 is 14.2 Å². The summed E-state index contributed by atoms with van der Waals surface area (Å²) in [5.41, 5.74) is -3.40. The summed E-state index contributed by atoms with van der Waals surface area (Å²) in [6, 6.07) is 0. The molecule has 0 atom stereocenters. The molecule has 0 bridgehead atoms. The first-order valence-electron chi connectivity index (χ1n) is 5.66. The highest BCUT2D eigenvalue weighted by atomic mass is 31.2. The minimum atomic E-state index is -3.17. The van der Waals surface area contributed by atoms with Crippen LogP contribution in [0.5, 0.6) is 0 Å². The van der Waals surface area contributed by atoms with Crippen LogP contribution in [0.4, 0.5) is 8.78 Å². The fraction of sp³-hybridized carbons (Fsp3) is 0.909. The van der Waals surface area contributed by atoms with E-state index in [9.17, 15) is 13.6 Å². The lowest BCUT2D eigenvalue weighted by atomic mass is 9.97. The van der Waals surface area contributed by atoms with Gasteiger partial charge in [-0.3, -0.25) is 4.79 Å². The Kier molecular flexibility index (Phi) is 6.67. The topological polar surface area (TPSA) is 35.5 Å². The number of rotatable bonds is 3. The fourth-order valence-electron chi connectivity index (χ4n) is 1.10. The second kappa shape index (κ2) is 6.72. The van der Waals surface area contributed by atoms with Crippen molar-refractivity contribution in [3.8, 4) is 0 Å². The van der Waals surface area contributed by atoms with Gasteiger partial charge in [-0.05, 0) is 6.92 Å². The molecule has 1 saturated heterocycles. The molecule has 0 spiro atoms. The second-order valence-corrected chi connectivity index (χ2v) is 6.20. The normalized spacial score (nSPS) is 20.4. The maximum absolute atomic E-state index is 13.4. The van der Waals surface area contributed by atoms with Crippen molar-refractivity contribution in [3.05, 3.63) is 0 Å². The van der Waals surface area contributed by atoms with E-state index >= 15 is 0 Å². The van der Waals surface area contributed by atoms with Gasteiger partial charge >= 0.3 is 5.66 Å². The van der Waals surface area contributed by atoms with E-state index in [2.05, 4.69) is 0 Å². The summed E-state index contributed by atoms with van der Waals surface area (Å²) >= 11 is 0. The molecule has 0 aliphatic carbocycles. The van der Waals surface area contributed by atoms with Gasteiger partial charge in [-0.2, -0.15) is 8.78 Å². The van der Waals surface area contributed by atoms with Gasteiger partial charge < -0.3 is 9.05 Å². The Hall–Kier alpha value is -0.120. The van der Waals surface area contributed by atoms with Crippen LogP contribution >= 0.6 is 8.38 Å². The van der Waals surface area contributed by atoms with Crippen molar-refractivity contribution in [1.82, 2.24) is 0 Å². The first-order chi connectivity index (χ1) is 7.73. The van der Waals surface area contributed by atoms with Gasteiger partial charge in [0.1, 0.15) is 5.78 Å². The maximum Gasteiger partial charge on any atom is 0.321 e. The third-order valence-corrected chi connectivity index (χ3v) is 3.29. The van der Waals surface area contributed by atoms with Crippen LogP contribution in [0.25, 0.3) is 0 Å². The molecule has 102 valence electrons. The molecular formula is C11H21F2O3P. The molecule has 0 unspecified atom stereocenters. The average Bonchev–Trinajstić information content (AvgIpc) is 2.18. The zero-order chi connectivity index (χ0) is 13.7. The largest absolute Gasteiger partial charge is 0.329 e. The number of hydrogen-bond donors (Lipinski definition) is 0. The summed E-state index contributed by atoms with van der Waals surface area (Å²) in [7, 11) is -2.26. The standard InChI is InChI=1S/C9H15F2O3P.C2H6/c1-7(12)4-9(10,11)15-13-5-8(2,3)6-14-15;1-2/h4-6H2,1-3H3;1-2H3. The molecule has 0 aromatic carbocycles. The third kappa shape index (κ3) is 5.84. The van der Waals surface area contributed by atoms with Crippen LogP contribution in [0.2, 0.25) is 0 Å². The highest BCUT2D eigenvalue weighted by molar-refractivity contribution is 7.48. The van der Waals surface area contributed by atoms with Crippen LogP contribution in [0, 0.1) is 5.41 Å². The van der Waals surface area contributed by atoms with E-state index in [1.54, 1.807) is 0 Å². The molecule has 0 radical (unpaired) electrons. The van der Waals surface area contributed by atoms with E-state index in [-0.39, 0.29) is 18.6 Å². The molecular weight excluding hydrogens is 249 g/mol. The minimum Gasteiger partial charge on any atom is -0.329 e. The molecule has 0 aromatic rings. The Morgan fingerprint density at radius 1 is 1.29 bits per heavy atom. The number of ketones is 1. The van der Waals surface area contributed by atoms with Crippen molar-refractivity contribution in [2.75, 3.05) is 13.2 Å². The molecule has 17 heavy (non-hydrogen) atoms. The molecule has 1 heterocycles. The fourth-order valence-corrected chi connectivity index (χ4v) is 2.84. The Morgan fingerprint density at radius 3 is 2.06 bits per heavy atom. The summed E-state index contributed by atoms with van der Waals surface area (Å²) in [5, 5.41) is 0. The van der Waals surface area contributed by atoms with Gasteiger partial charge in [-0.15, -0.1) is 0 Å². The van der Waals surface area contributed by atoms with Gasteiger partial charge in [0.15, 0.2) is 0 Å². The number of carbonyl (C=O) groups is 1. The Labute approximate surface area is 103 Å². The lowest BCUT2D eigenvalue weighted by Crippen LogP contribution is -2.32. The summed E-state index contributed by atoms with van der Waals surface area (Å²) in [4.78, 5) is 10.6. The summed E-state index contributed by atoms with van der Waals surface area (Å²) < 4.78 is 36.7. The molecule has 1 aliphatic heterocycles. The molecule has 3 nitrogen and oxygen atoms in total. The van der Waals surface area contributed by atoms with Crippen molar-refractivity contribution in [3.63, 3.8) is 0 Å². The Balaban J connectivity index is 0.00000121. The summed E-state index contributed by atoms with van der Waals surface area (Å²) in [5.74, 6) is -0.556. The first kappa shape index (κ1) is 16.9. The van der Waals surface area contributed by atoms with Crippen LogP contribution in [-0.2, 0) is 13.8 Å². The van der Waals surface area contributed by atoms with E-state index in [0.29, 0.717) is 0 Å². The monoisotopic (exact) mass is 270 g/mol. The van der Waals surface area contributed by atoms with Crippen LogP contribution in [-0.4, -0.2) is 24.7 Å². The van der Waals surface area contributed by atoms with E-state index in [0.717, 1.165) is 6.92 Å². The van der Waals surface area contributed by atoms with Gasteiger partial charge in [0, 0.05) is 5.41 Å². The zero-order valence-electron chi connectivity index (χ0n) is 11.0. The minimum absolute atomic E-state index is 0.231. The molecule has 0 saturated carbocycles. The smallest absolute Gasteiger partial charge is 0.321 e. The quantitative estimate of drug-likeness (QED) is 0.728. The van der Waals surface area contributed by atoms with E-state index < -0.39 is 26.2 Å². The number of alkyl halides is 2. The van der Waals surface area contributed by atoms with Crippen molar-refractivity contribution in [1.29, 1.82) is 0 Å². The zero-order valence-corrected chi connectivity index (χ0v) is 11.9. The number of halogens is 2. The van der Waals surface area contributed by atoms with Crippen LogP contribution in [0.1, 0.15) is 41.0 Å². The van der Waals surface area contributed by atoms with Crippen molar-refractivity contribution in [2.24, 2.45) is 5.41 Å². The Bertz CT molecular complexity index is 247. The number of Topliss-reactive ketones (excluding diaryl/α,β-unsaturated/α-hetero) is 1. The molecule has 0 N–H and O–H groups in total. The van der Waals surface area contributed by atoms with Gasteiger partial charge in [-0.25, -0.2) is 0 Å². The third-order valence-electron chi connectivity index (χ3n) is 1.87. The van der Waals surface area contributed by atoms with Gasteiger partial charge in [0.2, 0.25) is 8.38 Å². The SMILES string of the molecule is CC.CC(=O)CC(F)(F)P1OCC(C)(C)CO1. The van der Waals surface area contributed by atoms with Gasteiger partial charge in [-0.1, -0.05) is 27.7 Å². The summed E-state index contributed by atoms with van der Waals surface area (Å²) in [6.45, 7) is 9.38. The highest BCUT2D eigenvalue weighted by Gasteiger charge is 2.47. The van der Waals surface area contributed by atoms with Crippen LogP contribution < -0.4 is 0 Å². The Morgan fingerprint density at radius 2 is 1.71 bits per heavy atom. The van der Waals surface area contributed by atoms with Crippen molar-refractivity contribution in [2.45, 2.75) is 46.7 Å². The maximum atomic E-state index is 13.4. The van der Waals surface area contributed by atoms with Crippen LogP contribution in [0.15, 0.2) is 0 Å². The van der Waals surface area contributed by atoms with Gasteiger partial charge in [0.25, 0.3) is 0 Å². The first-order valence-corrected chi connectivity index (χ1v) is 6.84. The molecule has 6 heteroatoms.